The van der Waals surface area contributed by atoms with Crippen LogP contribution in [0, 0.1) is 0 Å². The monoisotopic (exact) mass is 257 g/mol. The van der Waals surface area contributed by atoms with E-state index >= 15 is 0 Å². The Balaban J connectivity index is 1.99. The smallest absolute Gasteiger partial charge is 0.321 e. The van der Waals surface area contributed by atoms with E-state index < -0.39 is 0 Å². The lowest BCUT2D eigenvalue weighted by Gasteiger charge is -2.05. The molecule has 0 spiro atoms. The zero-order valence-corrected chi connectivity index (χ0v) is 11.4. The molecule has 0 radical (unpaired) electrons. The second kappa shape index (κ2) is 6.85. The topological polar surface area (TPSA) is 47.0 Å². The number of aryl methyl sites for hydroxylation is 1. The molecule has 0 saturated carbocycles. The van der Waals surface area contributed by atoms with Crippen molar-refractivity contribution in [2.45, 2.75) is 26.3 Å². The van der Waals surface area contributed by atoms with E-state index in [9.17, 15) is 0 Å². The molecule has 1 N–H and O–H groups in total. The lowest BCUT2D eigenvalue weighted by atomic mass is 10.1. The lowest BCUT2D eigenvalue weighted by Crippen LogP contribution is -2.06. The highest BCUT2D eigenvalue weighted by Gasteiger charge is 2.01. The highest BCUT2D eigenvalue weighted by molar-refractivity contribution is 5.29. The van der Waals surface area contributed by atoms with Crippen molar-refractivity contribution in [2.24, 2.45) is 0 Å². The van der Waals surface area contributed by atoms with E-state index in [1.807, 2.05) is 19.2 Å². The average Bonchev–Trinajstić information content (AvgIpc) is 2.44. The molecule has 2 aromatic rings. The van der Waals surface area contributed by atoms with Gasteiger partial charge in [-0.1, -0.05) is 25.5 Å². The molecule has 0 atom stereocenters. The van der Waals surface area contributed by atoms with Gasteiger partial charge in [-0.2, -0.15) is 0 Å². The van der Waals surface area contributed by atoms with Crippen molar-refractivity contribution in [3.63, 3.8) is 0 Å². The van der Waals surface area contributed by atoms with E-state index in [-0.39, 0.29) is 0 Å². The number of rotatable bonds is 6. The summed E-state index contributed by atoms with van der Waals surface area (Å²) < 4.78 is 5.60. The fourth-order valence-corrected chi connectivity index (χ4v) is 1.81. The van der Waals surface area contributed by atoms with E-state index in [4.69, 9.17) is 4.74 Å². The largest absolute Gasteiger partial charge is 0.424 e. The highest BCUT2D eigenvalue weighted by atomic mass is 16.5. The van der Waals surface area contributed by atoms with Crippen LogP contribution < -0.4 is 10.1 Å². The molecule has 19 heavy (non-hydrogen) atoms. The third-order valence-corrected chi connectivity index (χ3v) is 2.73. The third kappa shape index (κ3) is 4.03. The molecule has 2 rings (SSSR count). The van der Waals surface area contributed by atoms with E-state index in [0.717, 1.165) is 30.7 Å². The van der Waals surface area contributed by atoms with Gasteiger partial charge in [0.25, 0.3) is 0 Å². The summed E-state index contributed by atoms with van der Waals surface area (Å²) in [7, 11) is 1.89. The summed E-state index contributed by atoms with van der Waals surface area (Å²) >= 11 is 0. The van der Waals surface area contributed by atoms with Gasteiger partial charge in [-0.3, -0.25) is 0 Å². The number of ether oxygens (including phenoxy) is 1. The molecule has 100 valence electrons. The van der Waals surface area contributed by atoms with Crippen molar-refractivity contribution in [3.8, 4) is 11.8 Å². The number of nitrogens with zero attached hydrogens (tertiary/aromatic N) is 2. The first-order valence-electron chi connectivity index (χ1n) is 6.54. The van der Waals surface area contributed by atoms with Gasteiger partial charge in [-0.05, 0) is 31.2 Å². The summed E-state index contributed by atoms with van der Waals surface area (Å²) in [6.07, 6.45) is 5.78. The highest BCUT2D eigenvalue weighted by Crippen LogP contribution is 2.18. The SMILES string of the molecule is CCCc1ccc(Oc2ncc(CNC)cn2)cc1. The maximum atomic E-state index is 5.60. The minimum absolute atomic E-state index is 0.378. The van der Waals surface area contributed by atoms with Gasteiger partial charge in [0.1, 0.15) is 5.75 Å². The first kappa shape index (κ1) is 13.5. The van der Waals surface area contributed by atoms with Crippen LogP contribution in [0.25, 0.3) is 0 Å². The number of benzene rings is 1. The Morgan fingerprint density at radius 3 is 2.32 bits per heavy atom. The summed E-state index contributed by atoms with van der Waals surface area (Å²) in [4.78, 5) is 8.36. The Labute approximate surface area is 113 Å². The number of nitrogens with one attached hydrogen (secondary N) is 1. The molecule has 4 heteroatoms. The number of aromatic nitrogens is 2. The normalized spacial score (nSPS) is 10.4. The van der Waals surface area contributed by atoms with Gasteiger partial charge in [-0.25, -0.2) is 9.97 Å². The summed E-state index contributed by atoms with van der Waals surface area (Å²) in [6, 6.07) is 8.44. The van der Waals surface area contributed by atoms with Gasteiger partial charge in [0.2, 0.25) is 0 Å². The van der Waals surface area contributed by atoms with Crippen LogP contribution in [0.4, 0.5) is 0 Å². The standard InChI is InChI=1S/C15H19N3O/c1-3-4-12-5-7-14(8-6-12)19-15-17-10-13(9-16-2)11-18-15/h5-8,10-11,16H,3-4,9H2,1-2H3. The van der Waals surface area contributed by atoms with E-state index in [0.29, 0.717) is 6.01 Å². The molecule has 0 amide bonds. The quantitative estimate of drug-likeness (QED) is 0.864. The van der Waals surface area contributed by atoms with E-state index in [2.05, 4.69) is 34.3 Å². The minimum Gasteiger partial charge on any atom is -0.424 e. The number of hydrogen-bond donors (Lipinski definition) is 1. The van der Waals surface area contributed by atoms with Crippen LogP contribution in [0.3, 0.4) is 0 Å². The Kier molecular flexibility index (Phi) is 4.86. The number of hydrogen-bond acceptors (Lipinski definition) is 4. The maximum absolute atomic E-state index is 5.60. The summed E-state index contributed by atoms with van der Waals surface area (Å²) in [5, 5.41) is 3.05. The molecule has 0 bridgehead atoms. The zero-order chi connectivity index (χ0) is 13.5. The third-order valence-electron chi connectivity index (χ3n) is 2.73. The van der Waals surface area contributed by atoms with Crippen molar-refractivity contribution in [2.75, 3.05) is 7.05 Å². The molecule has 4 nitrogen and oxygen atoms in total. The average molecular weight is 257 g/mol. The van der Waals surface area contributed by atoms with Gasteiger partial charge in [0, 0.05) is 24.5 Å². The second-order valence-electron chi connectivity index (χ2n) is 4.40. The van der Waals surface area contributed by atoms with Gasteiger partial charge >= 0.3 is 6.01 Å². The first-order valence-corrected chi connectivity index (χ1v) is 6.54. The molecule has 0 aliphatic rings. The van der Waals surface area contributed by atoms with E-state index in [1.54, 1.807) is 12.4 Å². The molecule has 0 saturated heterocycles. The molecular formula is C15H19N3O. The van der Waals surface area contributed by atoms with Crippen molar-refractivity contribution in [1.29, 1.82) is 0 Å². The second-order valence-corrected chi connectivity index (χ2v) is 4.40. The van der Waals surface area contributed by atoms with Crippen LogP contribution in [0.5, 0.6) is 11.8 Å². The molecule has 1 aromatic carbocycles. The van der Waals surface area contributed by atoms with Crippen LogP contribution in [0.15, 0.2) is 36.7 Å². The van der Waals surface area contributed by atoms with Crippen LogP contribution in [-0.4, -0.2) is 17.0 Å². The molecule has 1 aromatic heterocycles. The van der Waals surface area contributed by atoms with Crippen LogP contribution in [0.1, 0.15) is 24.5 Å². The van der Waals surface area contributed by atoms with Crippen molar-refractivity contribution < 1.29 is 4.74 Å². The van der Waals surface area contributed by atoms with Gasteiger partial charge in [-0.15, -0.1) is 0 Å². The van der Waals surface area contributed by atoms with Crippen LogP contribution in [0.2, 0.25) is 0 Å². The maximum Gasteiger partial charge on any atom is 0.321 e. The van der Waals surface area contributed by atoms with Crippen LogP contribution >= 0.6 is 0 Å². The zero-order valence-electron chi connectivity index (χ0n) is 11.4. The predicted molar refractivity (Wildman–Crippen MR) is 75.3 cm³/mol. The van der Waals surface area contributed by atoms with E-state index in [1.165, 1.54) is 5.56 Å². The molecule has 0 aliphatic carbocycles. The van der Waals surface area contributed by atoms with Crippen molar-refractivity contribution in [3.05, 3.63) is 47.8 Å². The Bertz CT molecular complexity index is 446. The summed E-state index contributed by atoms with van der Waals surface area (Å²) in [6.45, 7) is 2.93. The Morgan fingerprint density at radius 2 is 1.74 bits per heavy atom. The van der Waals surface area contributed by atoms with Gasteiger partial charge < -0.3 is 10.1 Å². The molecule has 0 fully saturated rings. The molecule has 1 heterocycles. The lowest BCUT2D eigenvalue weighted by molar-refractivity contribution is 0.440. The van der Waals surface area contributed by atoms with Crippen molar-refractivity contribution >= 4 is 0 Å². The molecule has 0 unspecified atom stereocenters. The van der Waals surface area contributed by atoms with Gasteiger partial charge in [0.15, 0.2) is 0 Å². The Hall–Kier alpha value is -1.94. The van der Waals surface area contributed by atoms with Crippen molar-refractivity contribution in [1.82, 2.24) is 15.3 Å². The Morgan fingerprint density at radius 1 is 1.05 bits per heavy atom. The molecule has 0 aliphatic heterocycles. The summed E-state index contributed by atoms with van der Waals surface area (Å²) in [5.41, 5.74) is 2.35. The predicted octanol–water partition coefficient (Wildman–Crippen LogP) is 2.94. The van der Waals surface area contributed by atoms with Gasteiger partial charge in [0.05, 0.1) is 0 Å². The minimum atomic E-state index is 0.378. The fourth-order valence-electron chi connectivity index (χ4n) is 1.81. The summed E-state index contributed by atoms with van der Waals surface area (Å²) in [5.74, 6) is 0.765. The first-order chi connectivity index (χ1) is 9.31. The fraction of sp³-hybridized carbons (Fsp3) is 0.333. The van der Waals surface area contributed by atoms with Crippen LogP contribution in [-0.2, 0) is 13.0 Å². The molecular weight excluding hydrogens is 238 g/mol.